The van der Waals surface area contributed by atoms with Crippen molar-refractivity contribution in [2.45, 2.75) is 38.8 Å². The maximum absolute atomic E-state index is 12.6. The van der Waals surface area contributed by atoms with Crippen molar-refractivity contribution in [2.24, 2.45) is 5.92 Å². The normalized spacial score (nSPS) is 20.6. The number of carbonyl (C=O) groups is 2. The second kappa shape index (κ2) is 6.52. The van der Waals surface area contributed by atoms with Crippen LogP contribution in [0, 0.1) is 5.92 Å². The van der Waals surface area contributed by atoms with Gasteiger partial charge in [-0.3, -0.25) is 9.36 Å². The lowest BCUT2D eigenvalue weighted by Crippen LogP contribution is -2.27. The van der Waals surface area contributed by atoms with Crippen molar-refractivity contribution < 1.29 is 19.1 Å². The quantitative estimate of drug-likeness (QED) is 0.847. The van der Waals surface area contributed by atoms with Crippen LogP contribution >= 0.6 is 0 Å². The van der Waals surface area contributed by atoms with Crippen molar-refractivity contribution in [1.82, 2.24) is 9.88 Å². The Labute approximate surface area is 147 Å². The van der Waals surface area contributed by atoms with Gasteiger partial charge in [-0.1, -0.05) is 18.2 Å². The second-order valence-corrected chi connectivity index (χ2v) is 7.30. The number of hydrogen-bond donors (Lipinski definition) is 1. The van der Waals surface area contributed by atoms with Crippen molar-refractivity contribution in [2.75, 3.05) is 13.7 Å². The highest BCUT2D eigenvalue weighted by Crippen LogP contribution is 2.36. The number of aromatic nitrogens is 1. The van der Waals surface area contributed by atoms with Gasteiger partial charge in [0, 0.05) is 17.6 Å². The van der Waals surface area contributed by atoms with Crippen molar-refractivity contribution in [3.63, 3.8) is 0 Å². The van der Waals surface area contributed by atoms with Crippen LogP contribution in [0.1, 0.15) is 38.8 Å². The SMILES string of the molecule is COC(=O)[C@H]1CCN[C@H]1c1cn(C(=O)OC(C)(C)C)c2ccccc12. The highest BCUT2D eigenvalue weighted by atomic mass is 16.6. The Bertz CT molecular complexity index is 803. The zero-order valence-corrected chi connectivity index (χ0v) is 15.0. The molecule has 1 aliphatic rings. The minimum Gasteiger partial charge on any atom is -0.469 e. The van der Waals surface area contributed by atoms with E-state index >= 15 is 0 Å². The Morgan fingerprint density at radius 1 is 1.24 bits per heavy atom. The standard InChI is InChI=1S/C19H24N2O4/c1-19(2,3)25-18(23)21-11-14(12-7-5-6-8-15(12)21)16-13(9-10-20-16)17(22)24-4/h5-8,11,13,16,20H,9-10H2,1-4H3/t13-,16+/m0/s1. The molecule has 2 aromatic rings. The number of esters is 1. The molecule has 2 heterocycles. The molecule has 6 nitrogen and oxygen atoms in total. The predicted molar refractivity (Wildman–Crippen MR) is 94.4 cm³/mol. The minimum absolute atomic E-state index is 0.180. The van der Waals surface area contributed by atoms with E-state index in [1.807, 2.05) is 45.0 Å². The van der Waals surface area contributed by atoms with Gasteiger partial charge in [-0.25, -0.2) is 4.79 Å². The molecule has 3 rings (SSSR count). The summed E-state index contributed by atoms with van der Waals surface area (Å²) in [5.74, 6) is -0.494. The molecule has 0 bridgehead atoms. The van der Waals surface area contributed by atoms with Crippen LogP contribution in [0.2, 0.25) is 0 Å². The lowest BCUT2D eigenvalue weighted by atomic mass is 9.94. The van der Waals surface area contributed by atoms with Crippen molar-refractivity contribution in [1.29, 1.82) is 0 Å². The number of benzene rings is 1. The molecule has 1 fully saturated rings. The van der Waals surface area contributed by atoms with Gasteiger partial charge in [0.2, 0.25) is 0 Å². The Morgan fingerprint density at radius 2 is 1.96 bits per heavy atom. The monoisotopic (exact) mass is 344 g/mol. The number of nitrogens with zero attached hydrogens (tertiary/aromatic N) is 1. The summed E-state index contributed by atoms with van der Waals surface area (Å²) < 4.78 is 12.0. The molecule has 1 saturated heterocycles. The van der Waals surface area contributed by atoms with Gasteiger partial charge in [0.25, 0.3) is 0 Å². The van der Waals surface area contributed by atoms with E-state index in [0.717, 1.165) is 23.0 Å². The number of carbonyl (C=O) groups excluding carboxylic acids is 2. The van der Waals surface area contributed by atoms with Crippen LogP contribution < -0.4 is 5.32 Å². The summed E-state index contributed by atoms with van der Waals surface area (Å²) in [4.78, 5) is 24.7. The maximum Gasteiger partial charge on any atom is 0.419 e. The van der Waals surface area contributed by atoms with Gasteiger partial charge in [-0.2, -0.15) is 0 Å². The zero-order chi connectivity index (χ0) is 18.2. The highest BCUT2D eigenvalue weighted by Gasteiger charge is 2.36. The first-order chi connectivity index (χ1) is 11.8. The van der Waals surface area contributed by atoms with E-state index in [2.05, 4.69) is 5.32 Å². The number of para-hydroxylation sites is 1. The third-order valence-corrected chi connectivity index (χ3v) is 4.39. The van der Waals surface area contributed by atoms with E-state index in [0.29, 0.717) is 6.42 Å². The average molecular weight is 344 g/mol. The number of hydrogen-bond acceptors (Lipinski definition) is 5. The second-order valence-electron chi connectivity index (χ2n) is 7.30. The number of methoxy groups -OCH3 is 1. The lowest BCUT2D eigenvalue weighted by Gasteiger charge is -2.20. The van der Waals surface area contributed by atoms with Crippen molar-refractivity contribution in [3.05, 3.63) is 36.0 Å². The van der Waals surface area contributed by atoms with Gasteiger partial charge in [-0.05, 0) is 45.4 Å². The van der Waals surface area contributed by atoms with Gasteiger partial charge in [0.15, 0.2) is 0 Å². The van der Waals surface area contributed by atoms with E-state index in [4.69, 9.17) is 9.47 Å². The fourth-order valence-electron chi connectivity index (χ4n) is 3.35. The minimum atomic E-state index is -0.581. The summed E-state index contributed by atoms with van der Waals surface area (Å²) in [5, 5.41) is 4.30. The number of nitrogens with one attached hydrogen (secondary N) is 1. The molecule has 0 saturated carbocycles. The van der Waals surface area contributed by atoms with Gasteiger partial charge >= 0.3 is 12.1 Å². The topological polar surface area (TPSA) is 69.6 Å². The molecule has 2 atom stereocenters. The molecule has 134 valence electrons. The van der Waals surface area contributed by atoms with E-state index in [9.17, 15) is 9.59 Å². The highest BCUT2D eigenvalue weighted by molar-refractivity contribution is 5.93. The average Bonchev–Trinajstić information content (AvgIpc) is 3.16. The predicted octanol–water partition coefficient (Wildman–Crippen LogP) is 3.25. The molecule has 0 radical (unpaired) electrons. The molecule has 1 aromatic heterocycles. The molecule has 0 aliphatic carbocycles. The van der Waals surface area contributed by atoms with Crippen LogP contribution in [0.5, 0.6) is 0 Å². The third-order valence-electron chi connectivity index (χ3n) is 4.39. The third kappa shape index (κ3) is 3.39. The molecular weight excluding hydrogens is 320 g/mol. The molecule has 6 heteroatoms. The lowest BCUT2D eigenvalue weighted by molar-refractivity contribution is -0.145. The summed E-state index contributed by atoms with van der Waals surface area (Å²) >= 11 is 0. The first kappa shape index (κ1) is 17.5. The van der Waals surface area contributed by atoms with Crippen LogP contribution in [-0.2, 0) is 14.3 Å². The van der Waals surface area contributed by atoms with Crippen LogP contribution in [0.4, 0.5) is 4.79 Å². The molecular formula is C19H24N2O4. The summed E-state index contributed by atoms with van der Waals surface area (Å²) in [5.41, 5.74) is 1.10. The Hall–Kier alpha value is -2.34. The van der Waals surface area contributed by atoms with Crippen LogP contribution in [-0.4, -0.2) is 35.9 Å². The summed E-state index contributed by atoms with van der Waals surface area (Å²) in [7, 11) is 1.40. The van der Waals surface area contributed by atoms with Crippen molar-refractivity contribution in [3.8, 4) is 0 Å². The molecule has 0 spiro atoms. The van der Waals surface area contributed by atoms with Crippen LogP contribution in [0.15, 0.2) is 30.5 Å². The van der Waals surface area contributed by atoms with E-state index < -0.39 is 11.7 Å². The zero-order valence-electron chi connectivity index (χ0n) is 15.0. The Morgan fingerprint density at radius 3 is 2.64 bits per heavy atom. The molecule has 25 heavy (non-hydrogen) atoms. The molecule has 1 aromatic carbocycles. The van der Waals surface area contributed by atoms with Gasteiger partial charge in [-0.15, -0.1) is 0 Å². The van der Waals surface area contributed by atoms with Crippen LogP contribution in [0.25, 0.3) is 10.9 Å². The number of ether oxygens (including phenoxy) is 2. The number of fused-ring (bicyclic) bond motifs is 1. The summed E-state index contributed by atoms with van der Waals surface area (Å²) in [6, 6.07) is 7.46. The first-order valence-electron chi connectivity index (χ1n) is 8.46. The van der Waals surface area contributed by atoms with E-state index in [1.54, 1.807) is 6.20 Å². The molecule has 1 aliphatic heterocycles. The Kier molecular flexibility index (Phi) is 4.56. The maximum atomic E-state index is 12.6. The Balaban J connectivity index is 2.05. The number of rotatable bonds is 2. The fourth-order valence-corrected chi connectivity index (χ4v) is 3.35. The van der Waals surface area contributed by atoms with E-state index in [-0.39, 0.29) is 17.9 Å². The summed E-state index contributed by atoms with van der Waals surface area (Å²) in [6.07, 6.45) is 2.06. The van der Waals surface area contributed by atoms with Crippen molar-refractivity contribution >= 4 is 23.0 Å². The molecule has 1 N–H and O–H groups in total. The molecule has 0 amide bonds. The smallest absolute Gasteiger partial charge is 0.419 e. The fraction of sp³-hybridized carbons (Fsp3) is 0.474. The van der Waals surface area contributed by atoms with E-state index in [1.165, 1.54) is 11.7 Å². The molecule has 0 unspecified atom stereocenters. The van der Waals surface area contributed by atoms with Gasteiger partial charge < -0.3 is 14.8 Å². The van der Waals surface area contributed by atoms with Gasteiger partial charge in [0.1, 0.15) is 5.60 Å². The van der Waals surface area contributed by atoms with Gasteiger partial charge in [0.05, 0.1) is 18.5 Å². The van der Waals surface area contributed by atoms with Crippen LogP contribution in [0.3, 0.4) is 0 Å². The largest absolute Gasteiger partial charge is 0.469 e. The summed E-state index contributed by atoms with van der Waals surface area (Å²) in [6.45, 7) is 6.24. The first-order valence-corrected chi connectivity index (χ1v) is 8.46.